The van der Waals surface area contributed by atoms with Crippen LogP contribution in [0.25, 0.3) is 0 Å². The highest BCUT2D eigenvalue weighted by Gasteiger charge is 2.16. The highest BCUT2D eigenvalue weighted by atomic mass is 35.5. The third kappa shape index (κ3) is 5.91. The highest BCUT2D eigenvalue weighted by Crippen LogP contribution is 2.08. The number of hydrogen-bond acceptors (Lipinski definition) is 2. The number of rotatable bonds is 6. The number of unbranched alkanes of at least 4 members (excludes halogenated alkanes) is 1. The molecular formula is C12H21ClN2O2. The molecule has 0 aromatic rings. The SMILES string of the molecule is O=C(CCCCCl)NCC(=O)N1CCCCC1. The van der Waals surface area contributed by atoms with Gasteiger partial charge in [0.15, 0.2) is 0 Å². The summed E-state index contributed by atoms with van der Waals surface area (Å²) in [6, 6.07) is 0. The zero-order valence-electron chi connectivity index (χ0n) is 10.2. The van der Waals surface area contributed by atoms with Gasteiger partial charge < -0.3 is 10.2 Å². The molecule has 0 atom stereocenters. The Morgan fingerprint density at radius 2 is 1.82 bits per heavy atom. The first-order valence-corrected chi connectivity index (χ1v) is 6.88. The smallest absolute Gasteiger partial charge is 0.241 e. The number of nitrogens with zero attached hydrogens (tertiary/aromatic N) is 1. The van der Waals surface area contributed by atoms with Gasteiger partial charge >= 0.3 is 0 Å². The van der Waals surface area contributed by atoms with Gasteiger partial charge in [0.25, 0.3) is 0 Å². The van der Waals surface area contributed by atoms with E-state index in [-0.39, 0.29) is 18.4 Å². The number of halogens is 1. The monoisotopic (exact) mass is 260 g/mol. The van der Waals surface area contributed by atoms with Crippen molar-refractivity contribution in [1.82, 2.24) is 10.2 Å². The van der Waals surface area contributed by atoms with Crippen LogP contribution in [-0.4, -0.2) is 42.2 Å². The Morgan fingerprint density at radius 3 is 2.47 bits per heavy atom. The fraction of sp³-hybridized carbons (Fsp3) is 0.833. The fourth-order valence-electron chi connectivity index (χ4n) is 1.90. The number of hydrogen-bond donors (Lipinski definition) is 1. The zero-order chi connectivity index (χ0) is 12.5. The third-order valence-corrected chi connectivity index (χ3v) is 3.20. The minimum absolute atomic E-state index is 0.0374. The van der Waals surface area contributed by atoms with Gasteiger partial charge in [0.2, 0.25) is 11.8 Å². The van der Waals surface area contributed by atoms with E-state index in [9.17, 15) is 9.59 Å². The van der Waals surface area contributed by atoms with Gasteiger partial charge in [0, 0.05) is 25.4 Å². The van der Waals surface area contributed by atoms with E-state index in [0.29, 0.717) is 12.3 Å². The summed E-state index contributed by atoms with van der Waals surface area (Å²) < 4.78 is 0. The molecule has 0 unspecified atom stereocenters. The second-order valence-electron chi connectivity index (χ2n) is 4.36. The van der Waals surface area contributed by atoms with Gasteiger partial charge in [-0.05, 0) is 32.1 Å². The van der Waals surface area contributed by atoms with Crippen LogP contribution in [0.5, 0.6) is 0 Å². The lowest BCUT2D eigenvalue weighted by molar-refractivity contribution is -0.133. The Bertz CT molecular complexity index is 253. The van der Waals surface area contributed by atoms with Gasteiger partial charge in [0.1, 0.15) is 0 Å². The molecule has 0 aliphatic carbocycles. The lowest BCUT2D eigenvalue weighted by Crippen LogP contribution is -2.42. The van der Waals surface area contributed by atoms with Crippen LogP contribution >= 0.6 is 11.6 Å². The molecule has 0 aromatic carbocycles. The minimum Gasteiger partial charge on any atom is -0.347 e. The minimum atomic E-state index is -0.0551. The molecule has 1 fully saturated rings. The first kappa shape index (κ1) is 14.3. The molecular weight excluding hydrogens is 240 g/mol. The quantitative estimate of drug-likeness (QED) is 0.582. The highest BCUT2D eigenvalue weighted by molar-refractivity contribution is 6.17. The second kappa shape index (κ2) is 8.34. The molecule has 1 N–H and O–H groups in total. The van der Waals surface area contributed by atoms with Crippen LogP contribution in [0.1, 0.15) is 38.5 Å². The largest absolute Gasteiger partial charge is 0.347 e. The van der Waals surface area contributed by atoms with E-state index < -0.39 is 0 Å². The summed E-state index contributed by atoms with van der Waals surface area (Å²) in [7, 11) is 0. The molecule has 17 heavy (non-hydrogen) atoms. The van der Waals surface area contributed by atoms with Crippen molar-refractivity contribution in [2.24, 2.45) is 0 Å². The van der Waals surface area contributed by atoms with Gasteiger partial charge in [-0.15, -0.1) is 11.6 Å². The standard InChI is InChI=1S/C12H21ClN2O2/c13-7-3-2-6-11(16)14-10-12(17)15-8-4-1-5-9-15/h1-10H2,(H,14,16). The molecule has 1 rings (SSSR count). The van der Waals surface area contributed by atoms with Gasteiger partial charge in [0.05, 0.1) is 6.54 Å². The lowest BCUT2D eigenvalue weighted by Gasteiger charge is -2.26. The Labute approximate surface area is 108 Å². The molecule has 2 amide bonds. The molecule has 5 heteroatoms. The zero-order valence-corrected chi connectivity index (χ0v) is 11.0. The van der Waals surface area contributed by atoms with E-state index >= 15 is 0 Å². The third-order valence-electron chi connectivity index (χ3n) is 2.93. The van der Waals surface area contributed by atoms with Crippen molar-refractivity contribution in [3.05, 3.63) is 0 Å². The van der Waals surface area contributed by atoms with Gasteiger partial charge in [-0.1, -0.05) is 0 Å². The molecule has 1 aliphatic heterocycles. The second-order valence-corrected chi connectivity index (χ2v) is 4.74. The number of likely N-dealkylation sites (tertiary alicyclic amines) is 1. The summed E-state index contributed by atoms with van der Waals surface area (Å²) in [6.45, 7) is 1.81. The maximum Gasteiger partial charge on any atom is 0.241 e. The van der Waals surface area contributed by atoms with E-state index in [0.717, 1.165) is 38.8 Å². The molecule has 0 radical (unpaired) electrons. The van der Waals surface area contributed by atoms with Gasteiger partial charge in [-0.25, -0.2) is 0 Å². The maximum atomic E-state index is 11.7. The summed E-state index contributed by atoms with van der Waals surface area (Å²) in [6.07, 6.45) is 5.45. The number of nitrogens with one attached hydrogen (secondary N) is 1. The molecule has 1 saturated heterocycles. The van der Waals surface area contributed by atoms with E-state index in [1.165, 1.54) is 6.42 Å². The molecule has 0 bridgehead atoms. The van der Waals surface area contributed by atoms with Crippen LogP contribution in [0.3, 0.4) is 0 Å². The molecule has 0 spiro atoms. The van der Waals surface area contributed by atoms with Crippen LogP contribution in [0.4, 0.5) is 0 Å². The normalized spacial score (nSPS) is 15.7. The Balaban J connectivity index is 2.11. The fourth-order valence-corrected chi connectivity index (χ4v) is 2.09. The van der Waals surface area contributed by atoms with Crippen LogP contribution in [0.15, 0.2) is 0 Å². The molecule has 4 nitrogen and oxygen atoms in total. The molecule has 1 aliphatic rings. The van der Waals surface area contributed by atoms with E-state index in [1.54, 1.807) is 0 Å². The number of carbonyl (C=O) groups excluding carboxylic acids is 2. The summed E-state index contributed by atoms with van der Waals surface area (Å²) in [5.74, 6) is 0.566. The van der Waals surface area contributed by atoms with Crippen molar-refractivity contribution in [2.75, 3.05) is 25.5 Å². The lowest BCUT2D eigenvalue weighted by atomic mass is 10.1. The van der Waals surface area contributed by atoms with E-state index in [2.05, 4.69) is 5.32 Å². The number of alkyl halides is 1. The van der Waals surface area contributed by atoms with Crippen molar-refractivity contribution >= 4 is 23.4 Å². The average Bonchev–Trinajstić information content (AvgIpc) is 2.37. The summed E-state index contributed by atoms with van der Waals surface area (Å²) in [4.78, 5) is 24.9. The number of carbonyl (C=O) groups is 2. The van der Waals surface area contributed by atoms with Crippen molar-refractivity contribution in [2.45, 2.75) is 38.5 Å². The Kier molecular flexibility index (Phi) is 7.01. The van der Waals surface area contributed by atoms with E-state index in [1.807, 2.05) is 4.90 Å². The van der Waals surface area contributed by atoms with Gasteiger partial charge in [-0.3, -0.25) is 9.59 Å². The number of piperidine rings is 1. The van der Waals surface area contributed by atoms with Crippen LogP contribution < -0.4 is 5.32 Å². The summed E-state index contributed by atoms with van der Waals surface area (Å²) in [5.41, 5.74) is 0. The summed E-state index contributed by atoms with van der Waals surface area (Å²) in [5, 5.41) is 2.67. The van der Waals surface area contributed by atoms with Crippen LogP contribution in [-0.2, 0) is 9.59 Å². The van der Waals surface area contributed by atoms with Crippen LogP contribution in [0.2, 0.25) is 0 Å². The maximum absolute atomic E-state index is 11.7. The molecule has 0 aromatic heterocycles. The topological polar surface area (TPSA) is 49.4 Å². The average molecular weight is 261 g/mol. The molecule has 0 saturated carbocycles. The Hall–Kier alpha value is -0.770. The van der Waals surface area contributed by atoms with Crippen molar-refractivity contribution in [1.29, 1.82) is 0 Å². The van der Waals surface area contributed by atoms with Crippen molar-refractivity contribution in [3.63, 3.8) is 0 Å². The predicted octanol–water partition coefficient (Wildman–Crippen LogP) is 1.52. The van der Waals surface area contributed by atoms with Crippen LogP contribution in [0, 0.1) is 0 Å². The van der Waals surface area contributed by atoms with Crippen molar-refractivity contribution < 1.29 is 9.59 Å². The molecule has 1 heterocycles. The summed E-state index contributed by atoms with van der Waals surface area (Å²) >= 11 is 5.52. The van der Waals surface area contributed by atoms with Crippen molar-refractivity contribution in [3.8, 4) is 0 Å². The predicted molar refractivity (Wildman–Crippen MR) is 68.0 cm³/mol. The number of amides is 2. The molecule has 98 valence electrons. The first-order chi connectivity index (χ1) is 8.24. The Morgan fingerprint density at radius 1 is 1.12 bits per heavy atom. The van der Waals surface area contributed by atoms with E-state index in [4.69, 9.17) is 11.6 Å². The first-order valence-electron chi connectivity index (χ1n) is 6.34. The van der Waals surface area contributed by atoms with Gasteiger partial charge in [-0.2, -0.15) is 0 Å².